The third-order valence-electron chi connectivity index (χ3n) is 2.22. The lowest BCUT2D eigenvalue weighted by Gasteiger charge is -2.09. The van der Waals surface area contributed by atoms with Crippen molar-refractivity contribution >= 4 is 21.7 Å². The fraction of sp³-hybridized carbons (Fsp3) is 0.364. The Morgan fingerprint density at radius 1 is 1.57 bits per heavy atom. The summed E-state index contributed by atoms with van der Waals surface area (Å²) >= 11 is 3.27. The van der Waals surface area contributed by atoms with Crippen LogP contribution in [0.2, 0.25) is 0 Å². The normalized spacial score (nSPS) is 12.6. The molecule has 0 N–H and O–H groups in total. The highest BCUT2D eigenvalue weighted by atomic mass is 79.9. The van der Waals surface area contributed by atoms with Gasteiger partial charge in [-0.1, -0.05) is 28.1 Å². The van der Waals surface area contributed by atoms with Crippen molar-refractivity contribution in [3.63, 3.8) is 0 Å². The van der Waals surface area contributed by atoms with E-state index in [4.69, 9.17) is 0 Å². The SMILES string of the molecule is CC(=O)C(Br)Cc1cccc(F)c1C. The van der Waals surface area contributed by atoms with Gasteiger partial charge in [-0.15, -0.1) is 0 Å². The van der Waals surface area contributed by atoms with Gasteiger partial charge in [0.25, 0.3) is 0 Å². The number of benzene rings is 1. The van der Waals surface area contributed by atoms with Crippen LogP contribution >= 0.6 is 15.9 Å². The van der Waals surface area contributed by atoms with Gasteiger partial charge in [0.05, 0.1) is 4.83 Å². The van der Waals surface area contributed by atoms with E-state index in [1.807, 2.05) is 6.07 Å². The monoisotopic (exact) mass is 258 g/mol. The summed E-state index contributed by atoms with van der Waals surface area (Å²) in [6, 6.07) is 4.93. The van der Waals surface area contributed by atoms with Gasteiger partial charge in [-0.25, -0.2) is 4.39 Å². The van der Waals surface area contributed by atoms with E-state index in [1.54, 1.807) is 13.0 Å². The molecule has 0 bridgehead atoms. The van der Waals surface area contributed by atoms with Gasteiger partial charge in [0.1, 0.15) is 11.6 Å². The summed E-state index contributed by atoms with van der Waals surface area (Å²) in [5.41, 5.74) is 1.50. The van der Waals surface area contributed by atoms with Crippen LogP contribution in [-0.2, 0) is 11.2 Å². The molecule has 0 radical (unpaired) electrons. The first-order chi connectivity index (χ1) is 6.52. The molecule has 0 aliphatic heterocycles. The molecule has 0 aromatic heterocycles. The molecule has 0 aliphatic carbocycles. The minimum absolute atomic E-state index is 0.0636. The number of Topliss-reactive ketones (excluding diaryl/α,β-unsaturated/α-hetero) is 1. The van der Waals surface area contributed by atoms with Crippen LogP contribution in [0.4, 0.5) is 4.39 Å². The van der Waals surface area contributed by atoms with Crippen LogP contribution in [0.25, 0.3) is 0 Å². The summed E-state index contributed by atoms with van der Waals surface area (Å²) < 4.78 is 13.1. The molecule has 0 fully saturated rings. The van der Waals surface area contributed by atoms with Crippen LogP contribution in [0.15, 0.2) is 18.2 Å². The maximum Gasteiger partial charge on any atom is 0.143 e. The number of carbonyl (C=O) groups is 1. The van der Waals surface area contributed by atoms with E-state index >= 15 is 0 Å². The number of ketones is 1. The third-order valence-corrected chi connectivity index (χ3v) is 3.19. The Labute approximate surface area is 91.5 Å². The number of hydrogen-bond donors (Lipinski definition) is 0. The Kier molecular flexibility index (Phi) is 3.81. The Bertz CT molecular complexity index is 349. The smallest absolute Gasteiger partial charge is 0.143 e. The van der Waals surface area contributed by atoms with Crippen molar-refractivity contribution in [1.29, 1.82) is 0 Å². The highest BCUT2D eigenvalue weighted by molar-refractivity contribution is 9.10. The minimum Gasteiger partial charge on any atom is -0.299 e. The van der Waals surface area contributed by atoms with Crippen molar-refractivity contribution in [2.75, 3.05) is 0 Å². The number of rotatable bonds is 3. The lowest BCUT2D eigenvalue weighted by molar-refractivity contribution is -0.116. The van der Waals surface area contributed by atoms with E-state index in [-0.39, 0.29) is 16.4 Å². The molecule has 1 nitrogen and oxygen atoms in total. The summed E-state index contributed by atoms with van der Waals surface area (Å²) in [6.07, 6.45) is 0.541. The predicted molar refractivity (Wildman–Crippen MR) is 58.2 cm³/mol. The summed E-state index contributed by atoms with van der Waals surface area (Å²) in [5, 5.41) is 0. The first kappa shape index (κ1) is 11.4. The van der Waals surface area contributed by atoms with Crippen molar-refractivity contribution in [2.24, 2.45) is 0 Å². The second-order valence-electron chi connectivity index (χ2n) is 3.31. The third kappa shape index (κ3) is 2.64. The molecular formula is C11H12BrFO. The van der Waals surface area contributed by atoms with Crippen LogP contribution in [0.3, 0.4) is 0 Å². The first-order valence-corrected chi connectivity index (χ1v) is 5.32. The topological polar surface area (TPSA) is 17.1 Å². The second-order valence-corrected chi connectivity index (χ2v) is 4.41. The minimum atomic E-state index is -0.219. The van der Waals surface area contributed by atoms with Gasteiger partial charge in [-0.3, -0.25) is 4.79 Å². The fourth-order valence-corrected chi connectivity index (χ4v) is 1.56. The average molecular weight is 259 g/mol. The predicted octanol–water partition coefficient (Wildman–Crippen LogP) is 3.03. The highest BCUT2D eigenvalue weighted by Gasteiger charge is 2.12. The van der Waals surface area contributed by atoms with E-state index in [2.05, 4.69) is 15.9 Å². The molecule has 0 spiro atoms. The maximum atomic E-state index is 13.1. The molecule has 1 rings (SSSR count). The summed E-state index contributed by atoms with van der Waals surface area (Å²) in [7, 11) is 0. The summed E-state index contributed by atoms with van der Waals surface area (Å²) in [6.45, 7) is 3.25. The highest BCUT2D eigenvalue weighted by Crippen LogP contribution is 2.17. The number of alkyl halides is 1. The molecule has 0 aliphatic rings. The number of carbonyl (C=O) groups excluding carboxylic acids is 1. The van der Waals surface area contributed by atoms with E-state index in [1.165, 1.54) is 13.0 Å². The average Bonchev–Trinajstić information content (AvgIpc) is 2.12. The van der Waals surface area contributed by atoms with Gasteiger partial charge in [0.2, 0.25) is 0 Å². The molecule has 76 valence electrons. The molecule has 14 heavy (non-hydrogen) atoms. The lowest BCUT2D eigenvalue weighted by Crippen LogP contribution is -2.13. The zero-order chi connectivity index (χ0) is 10.7. The Morgan fingerprint density at radius 2 is 2.21 bits per heavy atom. The van der Waals surface area contributed by atoms with Crippen molar-refractivity contribution in [1.82, 2.24) is 0 Å². The Hall–Kier alpha value is -0.700. The summed E-state index contributed by atoms with van der Waals surface area (Å²) in [4.78, 5) is 10.8. The zero-order valence-electron chi connectivity index (χ0n) is 8.18. The van der Waals surface area contributed by atoms with Crippen molar-refractivity contribution in [2.45, 2.75) is 25.1 Å². The molecule has 1 aromatic rings. The molecule has 0 saturated carbocycles. The van der Waals surface area contributed by atoms with Crippen molar-refractivity contribution in [3.8, 4) is 0 Å². The maximum absolute atomic E-state index is 13.1. The quantitative estimate of drug-likeness (QED) is 0.762. The van der Waals surface area contributed by atoms with Crippen LogP contribution in [0, 0.1) is 12.7 Å². The van der Waals surface area contributed by atoms with Gasteiger partial charge in [-0.2, -0.15) is 0 Å². The molecule has 3 heteroatoms. The largest absolute Gasteiger partial charge is 0.299 e. The van der Waals surface area contributed by atoms with Crippen molar-refractivity contribution < 1.29 is 9.18 Å². The first-order valence-electron chi connectivity index (χ1n) is 4.41. The fourth-order valence-electron chi connectivity index (χ4n) is 1.21. The molecule has 0 saturated heterocycles. The van der Waals surface area contributed by atoms with E-state index in [0.29, 0.717) is 12.0 Å². The van der Waals surface area contributed by atoms with Crippen LogP contribution in [0.5, 0.6) is 0 Å². The van der Waals surface area contributed by atoms with Gasteiger partial charge >= 0.3 is 0 Å². The summed E-state index contributed by atoms with van der Waals surface area (Å²) in [5.74, 6) is -0.153. The van der Waals surface area contributed by atoms with E-state index < -0.39 is 0 Å². The number of hydrogen-bond acceptors (Lipinski definition) is 1. The van der Waals surface area contributed by atoms with Crippen LogP contribution < -0.4 is 0 Å². The molecular weight excluding hydrogens is 247 g/mol. The van der Waals surface area contributed by atoms with Gasteiger partial charge < -0.3 is 0 Å². The van der Waals surface area contributed by atoms with Crippen molar-refractivity contribution in [3.05, 3.63) is 35.1 Å². The standard InChI is InChI=1S/C11H12BrFO/c1-7-9(4-3-5-11(7)13)6-10(12)8(2)14/h3-5,10H,6H2,1-2H3. The Morgan fingerprint density at radius 3 is 2.79 bits per heavy atom. The lowest BCUT2D eigenvalue weighted by atomic mass is 10.0. The van der Waals surface area contributed by atoms with E-state index in [0.717, 1.165) is 5.56 Å². The Balaban J connectivity index is 2.87. The zero-order valence-corrected chi connectivity index (χ0v) is 9.77. The van der Waals surface area contributed by atoms with Gasteiger partial charge in [0.15, 0.2) is 0 Å². The van der Waals surface area contributed by atoms with Gasteiger partial charge in [-0.05, 0) is 37.5 Å². The molecule has 1 aromatic carbocycles. The van der Waals surface area contributed by atoms with Gasteiger partial charge in [0, 0.05) is 0 Å². The molecule has 0 heterocycles. The second kappa shape index (κ2) is 4.69. The molecule has 1 unspecified atom stereocenters. The molecule has 0 amide bonds. The molecule has 1 atom stereocenters. The number of halogens is 2. The van der Waals surface area contributed by atoms with E-state index in [9.17, 15) is 9.18 Å². The van der Waals surface area contributed by atoms with Crippen LogP contribution in [0.1, 0.15) is 18.1 Å². The van der Waals surface area contributed by atoms with Crippen LogP contribution in [-0.4, -0.2) is 10.6 Å².